The van der Waals surface area contributed by atoms with Crippen LogP contribution in [-0.2, 0) is 9.59 Å². The molecule has 1 aliphatic heterocycles. The molecule has 1 heterocycles. The van der Waals surface area contributed by atoms with Gasteiger partial charge >= 0.3 is 0 Å². The fraction of sp³-hybridized carbons (Fsp3) is 0.600. The Morgan fingerprint density at radius 1 is 1.28 bits per heavy atom. The molecule has 25 heavy (non-hydrogen) atoms. The number of benzene rings is 1. The third-order valence-electron chi connectivity index (χ3n) is 5.02. The van der Waals surface area contributed by atoms with Crippen molar-refractivity contribution in [2.75, 3.05) is 18.0 Å². The summed E-state index contributed by atoms with van der Waals surface area (Å²) in [6.07, 6.45) is 4.67. The zero-order valence-corrected chi connectivity index (χ0v) is 16.5. The molecule has 1 fully saturated rings. The van der Waals surface area contributed by atoms with Crippen LogP contribution < -0.4 is 4.90 Å². The molecule has 0 aromatic heterocycles. The summed E-state index contributed by atoms with van der Waals surface area (Å²) in [5.41, 5.74) is 2.74. The zero-order valence-electron chi connectivity index (χ0n) is 15.8. The number of nitrogens with zero attached hydrogens (tertiary/aromatic N) is 2. The number of rotatable bonds is 5. The van der Waals surface area contributed by atoms with Crippen LogP contribution in [-0.4, -0.2) is 35.8 Å². The van der Waals surface area contributed by atoms with Gasteiger partial charge in [-0.05, 0) is 56.7 Å². The number of halogens is 1. The number of aryl methyl sites for hydroxylation is 2. The summed E-state index contributed by atoms with van der Waals surface area (Å²) in [6, 6.07) is 4.22. The molecular weight excluding hydrogens is 336 g/mol. The van der Waals surface area contributed by atoms with Crippen LogP contribution in [0.15, 0.2) is 12.1 Å². The van der Waals surface area contributed by atoms with Gasteiger partial charge in [0.2, 0.25) is 11.8 Å². The fourth-order valence-corrected chi connectivity index (χ4v) is 4.20. The van der Waals surface area contributed by atoms with E-state index in [4.69, 9.17) is 11.6 Å². The summed E-state index contributed by atoms with van der Waals surface area (Å²) in [5, 5.41) is 0.560. The van der Waals surface area contributed by atoms with Gasteiger partial charge in [-0.2, -0.15) is 0 Å². The van der Waals surface area contributed by atoms with E-state index in [0.29, 0.717) is 24.0 Å². The highest BCUT2D eigenvalue weighted by Crippen LogP contribution is 2.31. The summed E-state index contributed by atoms with van der Waals surface area (Å²) >= 11 is 6.39. The van der Waals surface area contributed by atoms with Gasteiger partial charge in [-0.25, -0.2) is 0 Å². The molecular formula is C20H29ClN2O2. The molecule has 0 saturated carbocycles. The molecule has 0 spiro atoms. The van der Waals surface area contributed by atoms with Gasteiger partial charge in [0.15, 0.2) is 0 Å². The van der Waals surface area contributed by atoms with Crippen molar-refractivity contribution in [2.24, 2.45) is 0 Å². The second-order valence-electron chi connectivity index (χ2n) is 6.98. The Balaban J connectivity index is 2.13. The zero-order chi connectivity index (χ0) is 18.6. The Labute approximate surface area is 156 Å². The molecule has 0 N–H and O–H groups in total. The predicted molar refractivity (Wildman–Crippen MR) is 103 cm³/mol. The van der Waals surface area contributed by atoms with Crippen LogP contribution in [0.1, 0.15) is 57.1 Å². The van der Waals surface area contributed by atoms with Gasteiger partial charge < -0.3 is 9.80 Å². The summed E-state index contributed by atoms with van der Waals surface area (Å²) in [7, 11) is 0. The van der Waals surface area contributed by atoms with Crippen molar-refractivity contribution in [1.82, 2.24) is 4.90 Å². The largest absolute Gasteiger partial charge is 0.340 e. The van der Waals surface area contributed by atoms with Gasteiger partial charge in [0.1, 0.15) is 0 Å². The highest BCUT2D eigenvalue weighted by atomic mass is 35.5. The summed E-state index contributed by atoms with van der Waals surface area (Å²) in [5.74, 6) is 0.0472. The van der Waals surface area contributed by atoms with E-state index < -0.39 is 0 Å². The highest BCUT2D eigenvalue weighted by molar-refractivity contribution is 6.34. The molecule has 1 unspecified atom stereocenters. The van der Waals surface area contributed by atoms with E-state index in [9.17, 15) is 9.59 Å². The first kappa shape index (κ1) is 19.8. The van der Waals surface area contributed by atoms with E-state index in [1.165, 1.54) is 13.3 Å². The second-order valence-corrected chi connectivity index (χ2v) is 7.39. The van der Waals surface area contributed by atoms with Crippen molar-refractivity contribution in [3.63, 3.8) is 0 Å². The fourth-order valence-electron chi connectivity index (χ4n) is 3.78. The average Bonchev–Trinajstić information content (AvgIpc) is 2.56. The maximum absolute atomic E-state index is 12.7. The molecule has 1 aliphatic rings. The van der Waals surface area contributed by atoms with E-state index in [1.54, 1.807) is 4.90 Å². The lowest BCUT2D eigenvalue weighted by molar-refractivity contribution is -0.134. The first-order valence-corrected chi connectivity index (χ1v) is 9.57. The van der Waals surface area contributed by atoms with Crippen LogP contribution in [0.25, 0.3) is 0 Å². The summed E-state index contributed by atoms with van der Waals surface area (Å²) in [6.45, 7) is 8.78. The molecule has 1 aromatic rings. The van der Waals surface area contributed by atoms with E-state index in [2.05, 4.69) is 6.92 Å². The first-order chi connectivity index (χ1) is 11.8. The van der Waals surface area contributed by atoms with E-state index in [0.717, 1.165) is 42.6 Å². The number of carbonyl (C=O) groups excluding carboxylic acids is 2. The lowest BCUT2D eigenvalue weighted by Gasteiger charge is -2.36. The number of likely N-dealkylation sites (tertiary alicyclic amines) is 1. The van der Waals surface area contributed by atoms with Gasteiger partial charge in [-0.3, -0.25) is 9.59 Å². The van der Waals surface area contributed by atoms with Crippen LogP contribution in [0, 0.1) is 13.8 Å². The Morgan fingerprint density at radius 3 is 2.60 bits per heavy atom. The Bertz CT molecular complexity index is 622. The smallest absolute Gasteiger partial charge is 0.224 e. The lowest BCUT2D eigenvalue weighted by Crippen LogP contribution is -2.44. The van der Waals surface area contributed by atoms with Crippen LogP contribution >= 0.6 is 11.6 Å². The molecule has 1 aromatic carbocycles. The maximum atomic E-state index is 12.7. The van der Waals surface area contributed by atoms with Gasteiger partial charge in [0, 0.05) is 32.5 Å². The minimum atomic E-state index is -0.0904. The number of hydrogen-bond donors (Lipinski definition) is 0. The van der Waals surface area contributed by atoms with Gasteiger partial charge in [-0.15, -0.1) is 0 Å². The number of anilines is 1. The molecule has 1 atom stereocenters. The SMILES string of the molecule is CCC1CCCCN1C(=O)CCN(C(C)=O)c1c(C)cc(C)cc1Cl. The van der Waals surface area contributed by atoms with E-state index in [1.807, 2.05) is 30.9 Å². The minimum absolute atomic E-state index is 0.0904. The molecule has 2 rings (SSSR count). The summed E-state index contributed by atoms with van der Waals surface area (Å²) in [4.78, 5) is 28.5. The van der Waals surface area contributed by atoms with Crippen molar-refractivity contribution in [3.8, 4) is 0 Å². The molecule has 4 nitrogen and oxygen atoms in total. The quantitative estimate of drug-likeness (QED) is 0.772. The molecule has 138 valence electrons. The highest BCUT2D eigenvalue weighted by Gasteiger charge is 2.26. The van der Waals surface area contributed by atoms with Gasteiger partial charge in [-0.1, -0.05) is 24.6 Å². The molecule has 0 aliphatic carbocycles. The molecule has 1 saturated heterocycles. The van der Waals surface area contributed by atoms with Crippen molar-refractivity contribution in [1.29, 1.82) is 0 Å². The van der Waals surface area contributed by atoms with Crippen LogP contribution in [0.5, 0.6) is 0 Å². The van der Waals surface area contributed by atoms with Crippen molar-refractivity contribution in [2.45, 2.75) is 65.8 Å². The lowest BCUT2D eigenvalue weighted by atomic mass is 9.99. The standard InChI is InChI=1S/C20H29ClN2O2/c1-5-17-8-6-7-10-23(17)19(25)9-11-22(16(4)24)20-15(3)12-14(2)13-18(20)21/h12-13,17H,5-11H2,1-4H3. The van der Waals surface area contributed by atoms with Crippen molar-refractivity contribution >= 4 is 29.1 Å². The van der Waals surface area contributed by atoms with Crippen molar-refractivity contribution in [3.05, 3.63) is 28.3 Å². The Hall–Kier alpha value is -1.55. The van der Waals surface area contributed by atoms with E-state index in [-0.39, 0.29) is 11.8 Å². The number of carbonyl (C=O) groups is 2. The number of amides is 2. The number of piperidine rings is 1. The topological polar surface area (TPSA) is 40.6 Å². The average molecular weight is 365 g/mol. The van der Waals surface area contributed by atoms with Crippen molar-refractivity contribution < 1.29 is 9.59 Å². The van der Waals surface area contributed by atoms with E-state index >= 15 is 0 Å². The molecule has 0 bridgehead atoms. The molecule has 5 heteroatoms. The molecule has 2 amide bonds. The number of hydrogen-bond acceptors (Lipinski definition) is 2. The third-order valence-corrected chi connectivity index (χ3v) is 5.30. The predicted octanol–water partition coefficient (Wildman–Crippen LogP) is 4.49. The minimum Gasteiger partial charge on any atom is -0.340 e. The second kappa shape index (κ2) is 8.70. The van der Waals surface area contributed by atoms with Crippen LogP contribution in [0.3, 0.4) is 0 Å². The van der Waals surface area contributed by atoms with Crippen LogP contribution in [0.4, 0.5) is 5.69 Å². The monoisotopic (exact) mass is 364 g/mol. The Morgan fingerprint density at radius 2 is 2.00 bits per heavy atom. The Kier molecular flexibility index (Phi) is 6.88. The van der Waals surface area contributed by atoms with Gasteiger partial charge in [0.05, 0.1) is 10.7 Å². The maximum Gasteiger partial charge on any atom is 0.224 e. The van der Waals surface area contributed by atoms with Crippen LogP contribution in [0.2, 0.25) is 5.02 Å². The molecule has 0 radical (unpaired) electrons. The normalized spacial score (nSPS) is 17.5. The summed E-state index contributed by atoms with van der Waals surface area (Å²) < 4.78 is 0. The third kappa shape index (κ3) is 4.75. The van der Waals surface area contributed by atoms with Gasteiger partial charge in [0.25, 0.3) is 0 Å². The first-order valence-electron chi connectivity index (χ1n) is 9.19.